The second-order valence-corrected chi connectivity index (χ2v) is 11.0. The Bertz CT molecular complexity index is 1010. The summed E-state index contributed by atoms with van der Waals surface area (Å²) in [5.74, 6) is -0.965. The summed E-state index contributed by atoms with van der Waals surface area (Å²) >= 11 is 0. The molecule has 2 fully saturated rings. The molecule has 196 valence electrons. The lowest BCUT2D eigenvalue weighted by Gasteiger charge is -2.29. The second-order valence-electron chi connectivity index (χ2n) is 8.57. The third-order valence-electron chi connectivity index (χ3n) is 5.76. The maximum atomic E-state index is 12.8. The van der Waals surface area contributed by atoms with Crippen molar-refractivity contribution in [3.63, 3.8) is 0 Å². The van der Waals surface area contributed by atoms with Gasteiger partial charge in [-0.15, -0.1) is 0 Å². The van der Waals surface area contributed by atoms with E-state index < -0.39 is 51.8 Å². The number of sulfone groups is 1. The van der Waals surface area contributed by atoms with Crippen LogP contribution < -0.4 is 15.1 Å². The number of nitrogens with zero attached hydrogens (tertiary/aromatic N) is 1. The molecule has 0 radical (unpaired) electrons. The third-order valence-corrected chi connectivity index (χ3v) is 7.75. The number of hydrogen-bond acceptors (Lipinski definition) is 8. The van der Waals surface area contributed by atoms with E-state index in [0.29, 0.717) is 18.7 Å². The lowest BCUT2D eigenvalue weighted by molar-refractivity contribution is -0.201. The maximum Gasteiger partial charge on any atom is 0.422 e. The summed E-state index contributed by atoms with van der Waals surface area (Å²) < 4.78 is 75.3. The number of carbonyl (C=O) groups is 2. The van der Waals surface area contributed by atoms with Crippen molar-refractivity contribution in [2.24, 2.45) is 0 Å². The van der Waals surface area contributed by atoms with Crippen LogP contribution in [0.4, 0.5) is 23.7 Å². The highest BCUT2D eigenvalue weighted by Crippen LogP contribution is 2.31. The van der Waals surface area contributed by atoms with Crippen molar-refractivity contribution < 1.29 is 50.2 Å². The Hall–Kier alpha value is -2.58. The number of anilines is 1. The Kier molecular flexibility index (Phi) is 8.17. The van der Waals surface area contributed by atoms with Gasteiger partial charge in [0.1, 0.15) is 11.9 Å². The molecule has 0 saturated carbocycles. The van der Waals surface area contributed by atoms with Crippen LogP contribution in [0.3, 0.4) is 0 Å². The lowest BCUT2D eigenvalue weighted by atomic mass is 10.0. The van der Waals surface area contributed by atoms with E-state index in [0.717, 1.165) is 19.1 Å². The molecule has 3 rings (SSSR count). The smallest absolute Gasteiger partial charge is 0.422 e. The van der Waals surface area contributed by atoms with E-state index in [1.807, 2.05) is 0 Å². The van der Waals surface area contributed by atoms with Gasteiger partial charge in [-0.3, -0.25) is 9.69 Å². The molecule has 0 aliphatic carbocycles. The van der Waals surface area contributed by atoms with Crippen LogP contribution in [0.15, 0.2) is 24.3 Å². The Morgan fingerprint density at radius 3 is 2.49 bits per heavy atom. The van der Waals surface area contributed by atoms with Crippen molar-refractivity contribution in [2.75, 3.05) is 30.9 Å². The quantitative estimate of drug-likeness (QED) is 0.490. The molecule has 0 bridgehead atoms. The van der Waals surface area contributed by atoms with E-state index in [2.05, 4.69) is 10.2 Å². The highest BCUT2D eigenvalue weighted by molar-refractivity contribution is 7.92. The first-order valence-electron chi connectivity index (χ1n) is 10.8. The molecule has 0 spiro atoms. The molecule has 2 aliphatic heterocycles. The number of cyclic esters (lactones) is 1. The van der Waals surface area contributed by atoms with Crippen LogP contribution in [-0.4, -0.2) is 69.7 Å². The lowest BCUT2D eigenvalue weighted by Crippen LogP contribution is -2.53. The van der Waals surface area contributed by atoms with Crippen LogP contribution >= 0.6 is 0 Å². The fraction of sp³-hybridized carbons (Fsp3) is 0.619. The highest BCUT2D eigenvalue weighted by atomic mass is 32.2. The zero-order chi connectivity index (χ0) is 25.9. The van der Waals surface area contributed by atoms with Crippen LogP contribution in [0, 0.1) is 0 Å². The van der Waals surface area contributed by atoms with Gasteiger partial charge in [0.2, 0.25) is 0 Å². The Labute approximate surface area is 200 Å². The average molecular weight is 525 g/mol. The first kappa shape index (κ1) is 27.0. The van der Waals surface area contributed by atoms with Crippen LogP contribution in [-0.2, 0) is 28.9 Å². The number of hydroxylamine groups is 1. The van der Waals surface area contributed by atoms with Gasteiger partial charge in [0.15, 0.2) is 27.5 Å². The summed E-state index contributed by atoms with van der Waals surface area (Å²) in [6, 6.07) is 5.27. The summed E-state index contributed by atoms with van der Waals surface area (Å²) in [4.78, 5) is 31.6. The van der Waals surface area contributed by atoms with E-state index in [9.17, 15) is 31.2 Å². The normalized spacial score (nSPS) is 22.9. The average Bonchev–Trinajstić information content (AvgIpc) is 3.15. The minimum Gasteiger partial charge on any atom is -0.484 e. The van der Waals surface area contributed by atoms with Crippen LogP contribution in [0.5, 0.6) is 5.75 Å². The number of amides is 2. The van der Waals surface area contributed by atoms with Gasteiger partial charge in [0.25, 0.3) is 5.91 Å². The molecule has 2 aliphatic rings. The maximum absolute atomic E-state index is 12.8. The van der Waals surface area contributed by atoms with Gasteiger partial charge < -0.3 is 14.2 Å². The number of benzene rings is 1. The fourth-order valence-corrected chi connectivity index (χ4v) is 4.47. The van der Waals surface area contributed by atoms with Crippen molar-refractivity contribution in [1.82, 2.24) is 5.48 Å². The molecular formula is C21H27F3N2O8S. The predicted octanol–water partition coefficient (Wildman–Crippen LogP) is 2.72. The summed E-state index contributed by atoms with van der Waals surface area (Å²) in [6.45, 7) is 0.148. The van der Waals surface area contributed by atoms with Gasteiger partial charge in [-0.1, -0.05) is 0 Å². The Morgan fingerprint density at radius 2 is 1.91 bits per heavy atom. The molecule has 1 aromatic carbocycles. The first-order valence-corrected chi connectivity index (χ1v) is 12.7. The van der Waals surface area contributed by atoms with Crippen LogP contribution in [0.1, 0.15) is 32.6 Å². The molecule has 2 amide bonds. The third kappa shape index (κ3) is 6.98. The zero-order valence-corrected chi connectivity index (χ0v) is 20.0. The van der Waals surface area contributed by atoms with E-state index >= 15 is 0 Å². The molecule has 0 aromatic heterocycles. The van der Waals surface area contributed by atoms with Gasteiger partial charge >= 0.3 is 12.3 Å². The zero-order valence-electron chi connectivity index (χ0n) is 19.2. The molecule has 2 unspecified atom stereocenters. The van der Waals surface area contributed by atoms with Crippen LogP contribution in [0.2, 0.25) is 0 Å². The second kappa shape index (κ2) is 10.6. The largest absolute Gasteiger partial charge is 0.484 e. The van der Waals surface area contributed by atoms with Crippen molar-refractivity contribution in [1.29, 1.82) is 0 Å². The monoisotopic (exact) mass is 524 g/mol. The molecule has 2 saturated heterocycles. The predicted molar refractivity (Wildman–Crippen MR) is 116 cm³/mol. The molecule has 2 heterocycles. The number of rotatable bonds is 9. The van der Waals surface area contributed by atoms with Crippen molar-refractivity contribution in [2.45, 2.75) is 55.9 Å². The van der Waals surface area contributed by atoms with Crippen molar-refractivity contribution in [3.8, 4) is 5.75 Å². The highest BCUT2D eigenvalue weighted by Gasteiger charge is 2.49. The van der Waals surface area contributed by atoms with Crippen molar-refractivity contribution >= 4 is 27.5 Å². The van der Waals surface area contributed by atoms with Crippen molar-refractivity contribution in [3.05, 3.63) is 24.3 Å². The number of hydrogen-bond donors (Lipinski definition) is 1. The molecule has 1 N–H and O–H groups in total. The van der Waals surface area contributed by atoms with Gasteiger partial charge in [0.05, 0.1) is 6.54 Å². The minimum absolute atomic E-state index is 0.0431. The number of halogens is 3. The summed E-state index contributed by atoms with van der Waals surface area (Å²) in [5, 5.41) is 0. The molecule has 1 aromatic rings. The fourth-order valence-electron chi connectivity index (χ4n) is 3.60. The van der Waals surface area contributed by atoms with Gasteiger partial charge in [-0.25, -0.2) is 23.5 Å². The van der Waals surface area contributed by atoms with E-state index in [1.54, 1.807) is 0 Å². The first-order chi connectivity index (χ1) is 16.3. The van der Waals surface area contributed by atoms with E-state index in [-0.39, 0.29) is 18.7 Å². The topological polar surface area (TPSA) is 120 Å². The Morgan fingerprint density at radius 1 is 1.23 bits per heavy atom. The molecule has 3 atom stereocenters. The number of carbonyl (C=O) groups excluding carboxylic acids is 2. The van der Waals surface area contributed by atoms with Gasteiger partial charge in [-0.2, -0.15) is 13.2 Å². The molecular weight excluding hydrogens is 497 g/mol. The SMILES string of the molecule is CC(C[C@H]1CN(c2ccc(OCC(F)(F)F)cc2)C(=O)O1)(C(=O)NOC1CCCCO1)S(C)(=O)=O. The number of nitrogens with one attached hydrogen (secondary N) is 1. The minimum atomic E-state index is -4.49. The molecule has 14 heteroatoms. The summed E-state index contributed by atoms with van der Waals surface area (Å²) in [7, 11) is -3.98. The number of alkyl halides is 3. The van der Waals surface area contributed by atoms with Gasteiger partial charge in [0, 0.05) is 31.4 Å². The summed E-state index contributed by atoms with van der Waals surface area (Å²) in [5.41, 5.74) is 2.47. The van der Waals surface area contributed by atoms with E-state index in [4.69, 9.17) is 14.3 Å². The Balaban J connectivity index is 1.64. The van der Waals surface area contributed by atoms with Gasteiger partial charge in [-0.05, 0) is 44.0 Å². The molecule has 10 nitrogen and oxygen atoms in total. The van der Waals surface area contributed by atoms with E-state index in [1.165, 1.54) is 36.1 Å². The molecule has 35 heavy (non-hydrogen) atoms. The van der Waals surface area contributed by atoms with Crippen LogP contribution in [0.25, 0.3) is 0 Å². The summed E-state index contributed by atoms with van der Waals surface area (Å²) in [6.07, 6.45) is -4.11. The standard InChI is InChI=1S/C21H27F3N2O8S/c1-20(35(2,29)30,18(27)25-34-17-5-3-4-10-31-17)11-16-12-26(19(28)33-16)14-6-8-15(9-7-14)32-13-21(22,23)24/h6-9,16-17H,3-5,10-13H2,1-2H3,(H,25,27)/t16-,17?,20?/m0/s1. The number of ether oxygens (including phenoxy) is 3.